The molecule has 0 bridgehead atoms. The summed E-state index contributed by atoms with van der Waals surface area (Å²) in [4.78, 5) is 12.4. The smallest absolute Gasteiger partial charge is 0.168 e. The highest BCUT2D eigenvalue weighted by Crippen LogP contribution is 2.29. The van der Waals surface area contributed by atoms with Gasteiger partial charge in [0.2, 0.25) is 0 Å². The first-order chi connectivity index (χ1) is 8.67. The quantitative estimate of drug-likeness (QED) is 0.876. The third-order valence-electron chi connectivity index (χ3n) is 3.52. The van der Waals surface area contributed by atoms with Gasteiger partial charge in [0.1, 0.15) is 5.75 Å². The van der Waals surface area contributed by atoms with Gasteiger partial charge >= 0.3 is 0 Å². The number of carbonyl (C=O) groups excluding carboxylic acids is 1. The van der Waals surface area contributed by atoms with Gasteiger partial charge in [0.05, 0.1) is 13.7 Å². The number of benzene rings is 1. The Hall–Kier alpha value is -1.39. The number of rotatable bonds is 4. The first-order valence-electron chi connectivity index (χ1n) is 6.13. The summed E-state index contributed by atoms with van der Waals surface area (Å²) in [5.74, 6) is 0.673. The van der Waals surface area contributed by atoms with Crippen molar-refractivity contribution in [2.75, 3.05) is 20.8 Å². The molecule has 1 aromatic rings. The Kier molecular flexibility index (Phi) is 3.99. The summed E-state index contributed by atoms with van der Waals surface area (Å²) in [6, 6.07) is 5.43. The highest BCUT2D eigenvalue weighted by atomic mass is 16.5. The standard InChI is InChI=1S/C14H19NO3/c1-17-8-13(15)11-6-4-9-3-5-10(18-2)7-12(9)14(11)16/h3,5,7,11,13H,4,6,8,15H2,1-2H3. The molecule has 2 rings (SSSR count). The number of hydrogen-bond donors (Lipinski definition) is 1. The molecule has 4 heteroatoms. The maximum atomic E-state index is 12.4. The first-order valence-corrected chi connectivity index (χ1v) is 6.13. The van der Waals surface area contributed by atoms with Crippen LogP contribution in [0, 0.1) is 5.92 Å². The summed E-state index contributed by atoms with van der Waals surface area (Å²) < 4.78 is 10.2. The van der Waals surface area contributed by atoms with E-state index in [9.17, 15) is 4.79 Å². The van der Waals surface area contributed by atoms with Crippen LogP contribution in [0.1, 0.15) is 22.3 Å². The highest BCUT2D eigenvalue weighted by molar-refractivity contribution is 6.01. The molecule has 0 saturated carbocycles. The van der Waals surface area contributed by atoms with E-state index in [4.69, 9.17) is 15.2 Å². The van der Waals surface area contributed by atoms with Gasteiger partial charge in [-0.2, -0.15) is 0 Å². The molecule has 0 aliphatic heterocycles. The number of aryl methyl sites for hydroxylation is 1. The lowest BCUT2D eigenvalue weighted by atomic mass is 9.79. The van der Waals surface area contributed by atoms with Gasteiger partial charge in [-0.1, -0.05) is 6.07 Å². The van der Waals surface area contributed by atoms with Crippen LogP contribution in [0.5, 0.6) is 5.75 Å². The average Bonchev–Trinajstić information content (AvgIpc) is 2.39. The van der Waals surface area contributed by atoms with Gasteiger partial charge in [-0.15, -0.1) is 0 Å². The molecule has 2 atom stereocenters. The molecule has 0 saturated heterocycles. The van der Waals surface area contributed by atoms with E-state index < -0.39 is 0 Å². The van der Waals surface area contributed by atoms with E-state index in [1.54, 1.807) is 14.2 Å². The van der Waals surface area contributed by atoms with Crippen molar-refractivity contribution in [3.8, 4) is 5.75 Å². The van der Waals surface area contributed by atoms with Gasteiger partial charge in [0, 0.05) is 24.6 Å². The molecule has 0 amide bonds. The number of nitrogens with two attached hydrogens (primary N) is 1. The summed E-state index contributed by atoms with van der Waals surface area (Å²) in [5.41, 5.74) is 7.83. The Labute approximate surface area is 107 Å². The lowest BCUT2D eigenvalue weighted by molar-refractivity contribution is 0.0824. The molecular formula is C14H19NO3. The fourth-order valence-electron chi connectivity index (χ4n) is 2.49. The predicted molar refractivity (Wildman–Crippen MR) is 69.0 cm³/mol. The van der Waals surface area contributed by atoms with E-state index in [1.807, 2.05) is 18.2 Å². The Morgan fingerprint density at radius 1 is 1.44 bits per heavy atom. The van der Waals surface area contributed by atoms with Crippen LogP contribution in [0.4, 0.5) is 0 Å². The first kappa shape index (κ1) is 13.1. The molecule has 0 fully saturated rings. The fraction of sp³-hybridized carbons (Fsp3) is 0.500. The lowest BCUT2D eigenvalue weighted by Crippen LogP contribution is -2.41. The Morgan fingerprint density at radius 3 is 2.89 bits per heavy atom. The highest BCUT2D eigenvalue weighted by Gasteiger charge is 2.31. The van der Waals surface area contributed by atoms with Gasteiger partial charge in [-0.3, -0.25) is 4.79 Å². The summed E-state index contributed by atoms with van der Waals surface area (Å²) in [5, 5.41) is 0. The maximum absolute atomic E-state index is 12.4. The minimum Gasteiger partial charge on any atom is -0.497 e. The zero-order valence-electron chi connectivity index (χ0n) is 10.8. The average molecular weight is 249 g/mol. The molecule has 98 valence electrons. The number of methoxy groups -OCH3 is 2. The minimum atomic E-state index is -0.234. The summed E-state index contributed by atoms with van der Waals surface area (Å²) in [6.07, 6.45) is 1.68. The molecule has 0 radical (unpaired) electrons. The number of hydrogen-bond acceptors (Lipinski definition) is 4. The van der Waals surface area contributed by atoms with Crippen LogP contribution in [0.2, 0.25) is 0 Å². The van der Waals surface area contributed by atoms with Crippen molar-refractivity contribution in [3.63, 3.8) is 0 Å². The number of ether oxygens (including phenoxy) is 2. The third-order valence-corrected chi connectivity index (χ3v) is 3.52. The fourth-order valence-corrected chi connectivity index (χ4v) is 2.49. The van der Waals surface area contributed by atoms with Crippen molar-refractivity contribution in [3.05, 3.63) is 29.3 Å². The largest absolute Gasteiger partial charge is 0.497 e. The van der Waals surface area contributed by atoms with Crippen LogP contribution >= 0.6 is 0 Å². The molecular weight excluding hydrogens is 230 g/mol. The third kappa shape index (κ3) is 2.40. The monoisotopic (exact) mass is 249 g/mol. The van der Waals surface area contributed by atoms with E-state index in [2.05, 4.69) is 0 Å². The maximum Gasteiger partial charge on any atom is 0.168 e. The van der Waals surface area contributed by atoms with E-state index in [0.29, 0.717) is 12.4 Å². The van der Waals surface area contributed by atoms with Gasteiger partial charge < -0.3 is 15.2 Å². The van der Waals surface area contributed by atoms with E-state index in [-0.39, 0.29) is 17.7 Å². The summed E-state index contributed by atoms with van der Waals surface area (Å²) >= 11 is 0. The SMILES string of the molecule is COCC(N)C1CCc2ccc(OC)cc2C1=O. The molecule has 0 spiro atoms. The van der Waals surface area contributed by atoms with Crippen LogP contribution < -0.4 is 10.5 Å². The zero-order valence-corrected chi connectivity index (χ0v) is 10.8. The molecule has 1 aliphatic rings. The normalized spacial score (nSPS) is 20.4. The number of ketones is 1. The molecule has 2 N–H and O–H groups in total. The van der Waals surface area contributed by atoms with Crippen LogP contribution in [0.15, 0.2) is 18.2 Å². The molecule has 0 aromatic heterocycles. The second-order valence-corrected chi connectivity index (χ2v) is 4.65. The van der Waals surface area contributed by atoms with Gasteiger partial charge in [-0.05, 0) is 30.5 Å². The van der Waals surface area contributed by atoms with Crippen molar-refractivity contribution in [2.45, 2.75) is 18.9 Å². The molecule has 1 aromatic carbocycles. The Balaban J connectivity index is 2.26. The Morgan fingerprint density at radius 2 is 2.22 bits per heavy atom. The van der Waals surface area contributed by atoms with Crippen LogP contribution in [-0.2, 0) is 11.2 Å². The number of Topliss-reactive ketones (excluding diaryl/α,β-unsaturated/α-hetero) is 1. The van der Waals surface area contributed by atoms with E-state index in [1.165, 1.54) is 0 Å². The van der Waals surface area contributed by atoms with Gasteiger partial charge in [-0.25, -0.2) is 0 Å². The van der Waals surface area contributed by atoms with E-state index >= 15 is 0 Å². The number of fused-ring (bicyclic) bond motifs is 1. The summed E-state index contributed by atoms with van der Waals surface area (Å²) in [6.45, 7) is 0.412. The van der Waals surface area contributed by atoms with Crippen LogP contribution in [0.3, 0.4) is 0 Å². The van der Waals surface area contributed by atoms with Crippen molar-refractivity contribution >= 4 is 5.78 Å². The second kappa shape index (κ2) is 5.50. The van der Waals surface area contributed by atoms with Crippen molar-refractivity contribution in [2.24, 2.45) is 11.7 Å². The molecule has 18 heavy (non-hydrogen) atoms. The van der Waals surface area contributed by atoms with Crippen LogP contribution in [-0.4, -0.2) is 32.7 Å². The summed E-state index contributed by atoms with van der Waals surface area (Å²) in [7, 11) is 3.20. The second-order valence-electron chi connectivity index (χ2n) is 4.65. The van der Waals surface area contributed by atoms with E-state index in [0.717, 1.165) is 24.0 Å². The van der Waals surface area contributed by atoms with Crippen molar-refractivity contribution < 1.29 is 14.3 Å². The van der Waals surface area contributed by atoms with Crippen LogP contribution in [0.25, 0.3) is 0 Å². The molecule has 1 aliphatic carbocycles. The zero-order chi connectivity index (χ0) is 13.1. The number of carbonyl (C=O) groups is 1. The van der Waals surface area contributed by atoms with Crippen molar-refractivity contribution in [1.29, 1.82) is 0 Å². The van der Waals surface area contributed by atoms with Gasteiger partial charge in [0.25, 0.3) is 0 Å². The van der Waals surface area contributed by atoms with Gasteiger partial charge in [0.15, 0.2) is 5.78 Å². The lowest BCUT2D eigenvalue weighted by Gasteiger charge is -2.27. The predicted octanol–water partition coefficient (Wildman–Crippen LogP) is 1.41. The van der Waals surface area contributed by atoms with Crippen molar-refractivity contribution in [1.82, 2.24) is 0 Å². The minimum absolute atomic E-state index is 0.111. The molecule has 0 heterocycles. The molecule has 4 nitrogen and oxygen atoms in total. The Bertz CT molecular complexity index is 445. The topological polar surface area (TPSA) is 61.6 Å². The molecule has 2 unspecified atom stereocenters.